The minimum Gasteiger partial charge on any atom is -0.439 e. The molecule has 2 aromatic rings. The number of rotatable bonds is 4. The van der Waals surface area contributed by atoms with E-state index >= 15 is 0 Å². The van der Waals surface area contributed by atoms with Gasteiger partial charge in [0, 0.05) is 0 Å². The zero-order valence-corrected chi connectivity index (χ0v) is 10.8. The van der Waals surface area contributed by atoms with Crippen molar-refractivity contribution < 1.29 is 13.9 Å². The van der Waals surface area contributed by atoms with Gasteiger partial charge in [0.05, 0.1) is 11.1 Å². The molecule has 0 radical (unpaired) electrons. The van der Waals surface area contributed by atoms with Crippen molar-refractivity contribution in [3.63, 3.8) is 0 Å². The predicted molar refractivity (Wildman–Crippen MR) is 68.3 cm³/mol. The quantitative estimate of drug-likeness (QED) is 0.636. The molecular weight excluding hydrogens is 271 g/mol. The van der Waals surface area contributed by atoms with E-state index in [2.05, 4.69) is 9.97 Å². The lowest BCUT2D eigenvalue weighted by Gasteiger charge is -2.09. The van der Waals surface area contributed by atoms with E-state index in [1.807, 2.05) is 6.92 Å². The van der Waals surface area contributed by atoms with Gasteiger partial charge in [0.15, 0.2) is 6.29 Å². The molecule has 0 unspecified atom stereocenters. The van der Waals surface area contributed by atoms with Crippen LogP contribution in [0.3, 0.4) is 0 Å². The standard InChI is InChI=1S/C13H10ClFN2O2/c1-2-10-12(14)16-7-17-13(10)19-9-3-4-11(15)8(5-9)6-18/h3-7H,2H2,1H3. The zero-order valence-electron chi connectivity index (χ0n) is 10.1. The van der Waals surface area contributed by atoms with Gasteiger partial charge >= 0.3 is 0 Å². The lowest BCUT2D eigenvalue weighted by Crippen LogP contribution is -1.97. The third-order valence-corrected chi connectivity index (χ3v) is 2.84. The lowest BCUT2D eigenvalue weighted by molar-refractivity contribution is 0.111. The fraction of sp³-hybridized carbons (Fsp3) is 0.154. The smallest absolute Gasteiger partial charge is 0.226 e. The summed E-state index contributed by atoms with van der Waals surface area (Å²) in [4.78, 5) is 18.5. The van der Waals surface area contributed by atoms with E-state index in [-0.39, 0.29) is 5.56 Å². The molecule has 6 heteroatoms. The number of ether oxygens (including phenoxy) is 1. The Labute approximate surface area is 114 Å². The Kier molecular flexibility index (Phi) is 4.06. The van der Waals surface area contributed by atoms with Crippen molar-refractivity contribution >= 4 is 17.9 Å². The van der Waals surface area contributed by atoms with Gasteiger partial charge in [0.25, 0.3) is 0 Å². The van der Waals surface area contributed by atoms with Crippen molar-refractivity contribution in [3.8, 4) is 11.6 Å². The van der Waals surface area contributed by atoms with Crippen LogP contribution in [-0.4, -0.2) is 16.3 Å². The third-order valence-electron chi connectivity index (χ3n) is 2.52. The van der Waals surface area contributed by atoms with Crippen LogP contribution in [-0.2, 0) is 6.42 Å². The molecule has 0 saturated heterocycles. The molecule has 1 heterocycles. The molecule has 0 bridgehead atoms. The molecule has 0 atom stereocenters. The van der Waals surface area contributed by atoms with Crippen molar-refractivity contribution in [1.82, 2.24) is 9.97 Å². The van der Waals surface area contributed by atoms with Crippen LogP contribution in [0.4, 0.5) is 4.39 Å². The average Bonchev–Trinajstić information content (AvgIpc) is 2.41. The van der Waals surface area contributed by atoms with E-state index in [1.165, 1.54) is 18.5 Å². The molecule has 2 rings (SSSR count). The summed E-state index contributed by atoms with van der Waals surface area (Å²) < 4.78 is 18.7. The highest BCUT2D eigenvalue weighted by Gasteiger charge is 2.11. The highest BCUT2D eigenvalue weighted by atomic mass is 35.5. The Morgan fingerprint density at radius 3 is 2.89 bits per heavy atom. The summed E-state index contributed by atoms with van der Waals surface area (Å²) >= 11 is 5.93. The van der Waals surface area contributed by atoms with Crippen molar-refractivity contribution in [2.24, 2.45) is 0 Å². The number of carbonyl (C=O) groups is 1. The molecule has 0 saturated carbocycles. The first-order chi connectivity index (χ1) is 9.15. The maximum absolute atomic E-state index is 13.2. The Morgan fingerprint density at radius 1 is 1.42 bits per heavy atom. The van der Waals surface area contributed by atoms with Crippen molar-refractivity contribution in [2.75, 3.05) is 0 Å². The second-order valence-corrected chi connectivity index (χ2v) is 4.06. The topological polar surface area (TPSA) is 52.1 Å². The molecule has 0 amide bonds. The summed E-state index contributed by atoms with van der Waals surface area (Å²) in [5.74, 6) is 0.0118. The second kappa shape index (κ2) is 5.75. The molecule has 1 aromatic heterocycles. The molecule has 0 aliphatic heterocycles. The van der Waals surface area contributed by atoms with E-state index in [1.54, 1.807) is 0 Å². The first kappa shape index (κ1) is 13.4. The van der Waals surface area contributed by atoms with E-state index in [4.69, 9.17) is 16.3 Å². The van der Waals surface area contributed by atoms with Gasteiger partial charge in [-0.05, 0) is 24.6 Å². The molecule has 0 spiro atoms. The summed E-state index contributed by atoms with van der Waals surface area (Å²) in [7, 11) is 0. The number of benzene rings is 1. The molecule has 1 aromatic carbocycles. The van der Waals surface area contributed by atoms with Crippen LogP contribution >= 0.6 is 11.6 Å². The van der Waals surface area contributed by atoms with E-state index in [0.717, 1.165) is 6.07 Å². The summed E-state index contributed by atoms with van der Waals surface area (Å²) in [5.41, 5.74) is 0.580. The number of aromatic nitrogens is 2. The molecule has 19 heavy (non-hydrogen) atoms. The SMILES string of the molecule is CCc1c(Cl)ncnc1Oc1ccc(F)c(C=O)c1. The number of hydrogen-bond acceptors (Lipinski definition) is 4. The van der Waals surface area contributed by atoms with Crippen molar-refractivity contribution in [1.29, 1.82) is 0 Å². The van der Waals surface area contributed by atoms with Crippen LogP contribution < -0.4 is 4.74 Å². The summed E-state index contributed by atoms with van der Waals surface area (Å²) in [6, 6.07) is 3.88. The zero-order chi connectivity index (χ0) is 13.8. The summed E-state index contributed by atoms with van der Waals surface area (Å²) in [5, 5.41) is 0.310. The van der Waals surface area contributed by atoms with Gasteiger partial charge in [0.1, 0.15) is 23.0 Å². The highest BCUT2D eigenvalue weighted by Crippen LogP contribution is 2.27. The molecule has 0 aliphatic carbocycles. The van der Waals surface area contributed by atoms with Gasteiger partial charge in [-0.2, -0.15) is 0 Å². The first-order valence-corrected chi connectivity index (χ1v) is 5.95. The molecule has 0 N–H and O–H groups in total. The second-order valence-electron chi connectivity index (χ2n) is 3.70. The number of aldehydes is 1. The number of nitrogens with zero attached hydrogens (tertiary/aromatic N) is 2. The van der Waals surface area contributed by atoms with E-state index < -0.39 is 5.82 Å². The van der Waals surface area contributed by atoms with Crippen LogP contribution in [0, 0.1) is 5.82 Å². The maximum atomic E-state index is 13.2. The van der Waals surface area contributed by atoms with Crippen LogP contribution in [0.15, 0.2) is 24.5 Å². The highest BCUT2D eigenvalue weighted by molar-refractivity contribution is 6.30. The summed E-state index contributed by atoms with van der Waals surface area (Å²) in [6.45, 7) is 1.89. The number of halogens is 2. The summed E-state index contributed by atoms with van der Waals surface area (Å²) in [6.07, 6.45) is 2.30. The Hall–Kier alpha value is -2.01. The van der Waals surface area contributed by atoms with E-state index in [9.17, 15) is 9.18 Å². The van der Waals surface area contributed by atoms with Crippen LogP contribution in [0.2, 0.25) is 5.15 Å². The number of hydrogen-bond donors (Lipinski definition) is 0. The van der Waals surface area contributed by atoms with Gasteiger partial charge in [-0.1, -0.05) is 18.5 Å². The molecule has 4 nitrogen and oxygen atoms in total. The minimum atomic E-state index is -0.598. The van der Waals surface area contributed by atoms with Crippen LogP contribution in [0.5, 0.6) is 11.6 Å². The third kappa shape index (κ3) is 2.88. The Balaban J connectivity index is 2.36. The average molecular weight is 281 g/mol. The van der Waals surface area contributed by atoms with Crippen molar-refractivity contribution in [2.45, 2.75) is 13.3 Å². The van der Waals surface area contributed by atoms with Gasteiger partial charge in [-0.25, -0.2) is 14.4 Å². The van der Waals surface area contributed by atoms with Crippen LogP contribution in [0.1, 0.15) is 22.8 Å². The molecule has 0 aliphatic rings. The minimum absolute atomic E-state index is 0.0734. The lowest BCUT2D eigenvalue weighted by atomic mass is 10.2. The Bertz CT molecular complexity index is 620. The van der Waals surface area contributed by atoms with E-state index in [0.29, 0.717) is 35.1 Å². The maximum Gasteiger partial charge on any atom is 0.226 e. The van der Waals surface area contributed by atoms with Crippen molar-refractivity contribution in [3.05, 3.63) is 46.6 Å². The number of carbonyl (C=O) groups excluding carboxylic acids is 1. The van der Waals surface area contributed by atoms with Gasteiger partial charge in [0.2, 0.25) is 5.88 Å². The monoisotopic (exact) mass is 280 g/mol. The fourth-order valence-electron chi connectivity index (χ4n) is 1.55. The van der Waals surface area contributed by atoms with Gasteiger partial charge in [-0.3, -0.25) is 4.79 Å². The van der Waals surface area contributed by atoms with Gasteiger partial charge < -0.3 is 4.74 Å². The molecule has 98 valence electrons. The van der Waals surface area contributed by atoms with Crippen LogP contribution in [0.25, 0.3) is 0 Å². The largest absolute Gasteiger partial charge is 0.439 e. The predicted octanol–water partition coefficient (Wildman–Crippen LogP) is 3.44. The first-order valence-electron chi connectivity index (χ1n) is 5.57. The fourth-order valence-corrected chi connectivity index (χ4v) is 1.81. The molecular formula is C13H10ClFN2O2. The molecule has 0 fully saturated rings. The normalized spacial score (nSPS) is 10.3. The van der Waals surface area contributed by atoms with Gasteiger partial charge in [-0.15, -0.1) is 0 Å². The Morgan fingerprint density at radius 2 is 2.21 bits per heavy atom.